The van der Waals surface area contributed by atoms with Gasteiger partial charge in [0.2, 0.25) is 0 Å². The van der Waals surface area contributed by atoms with Crippen molar-refractivity contribution in [1.29, 1.82) is 0 Å². The van der Waals surface area contributed by atoms with Gasteiger partial charge in [0.1, 0.15) is 0 Å². The molecule has 0 heterocycles. The van der Waals surface area contributed by atoms with E-state index >= 15 is 0 Å². The van der Waals surface area contributed by atoms with Crippen LogP contribution in [0.15, 0.2) is 30.3 Å². The van der Waals surface area contributed by atoms with E-state index in [1.165, 1.54) is 11.8 Å². The van der Waals surface area contributed by atoms with Crippen molar-refractivity contribution < 1.29 is 14.6 Å². The van der Waals surface area contributed by atoms with Gasteiger partial charge in [0, 0.05) is 5.75 Å². The average molecular weight is 226 g/mol. The van der Waals surface area contributed by atoms with Gasteiger partial charge in [-0.2, -0.15) is 0 Å². The normalized spacial score (nSPS) is 10.1. The lowest BCUT2D eigenvalue weighted by molar-refractivity contribution is -0.133. The van der Waals surface area contributed by atoms with Crippen molar-refractivity contribution in [2.24, 2.45) is 0 Å². The Labute approximate surface area is 93.4 Å². The van der Waals surface area contributed by atoms with E-state index in [0.29, 0.717) is 13.2 Å². The number of ether oxygens (including phenoxy) is 1. The molecular weight excluding hydrogens is 212 g/mol. The summed E-state index contributed by atoms with van der Waals surface area (Å²) in [6.07, 6.45) is 0. The van der Waals surface area contributed by atoms with Crippen molar-refractivity contribution in [3.63, 3.8) is 0 Å². The van der Waals surface area contributed by atoms with E-state index < -0.39 is 5.97 Å². The summed E-state index contributed by atoms with van der Waals surface area (Å²) in [5, 5.41) is 8.39. The Morgan fingerprint density at radius 1 is 1.33 bits per heavy atom. The van der Waals surface area contributed by atoms with Gasteiger partial charge < -0.3 is 9.84 Å². The largest absolute Gasteiger partial charge is 0.481 e. The molecule has 15 heavy (non-hydrogen) atoms. The first-order valence-electron chi connectivity index (χ1n) is 4.70. The molecule has 0 fully saturated rings. The minimum Gasteiger partial charge on any atom is -0.481 e. The van der Waals surface area contributed by atoms with Crippen molar-refractivity contribution in [2.45, 2.75) is 6.61 Å². The Hall–Kier alpha value is -1.00. The smallest absolute Gasteiger partial charge is 0.313 e. The van der Waals surface area contributed by atoms with Gasteiger partial charge >= 0.3 is 5.97 Å². The molecule has 0 aliphatic heterocycles. The second-order valence-corrected chi connectivity index (χ2v) is 4.09. The van der Waals surface area contributed by atoms with E-state index in [9.17, 15) is 4.79 Å². The van der Waals surface area contributed by atoms with Gasteiger partial charge in [-0.3, -0.25) is 4.79 Å². The number of rotatable bonds is 7. The van der Waals surface area contributed by atoms with Crippen LogP contribution in [0.2, 0.25) is 0 Å². The number of carboxylic acids is 1. The number of aliphatic carboxylic acids is 1. The van der Waals surface area contributed by atoms with Gasteiger partial charge in [0.05, 0.1) is 19.0 Å². The van der Waals surface area contributed by atoms with Crippen molar-refractivity contribution >= 4 is 17.7 Å². The predicted molar refractivity (Wildman–Crippen MR) is 61.1 cm³/mol. The number of hydrogen-bond acceptors (Lipinski definition) is 3. The van der Waals surface area contributed by atoms with E-state index in [0.717, 1.165) is 11.3 Å². The van der Waals surface area contributed by atoms with Crippen LogP contribution in [0, 0.1) is 0 Å². The maximum atomic E-state index is 10.2. The first-order valence-corrected chi connectivity index (χ1v) is 5.85. The van der Waals surface area contributed by atoms with Crippen LogP contribution in [0.5, 0.6) is 0 Å². The summed E-state index contributed by atoms with van der Waals surface area (Å²) in [4.78, 5) is 10.2. The molecule has 0 radical (unpaired) electrons. The predicted octanol–water partition coefficient (Wildman–Crippen LogP) is 2.02. The molecular formula is C11H14O3S. The molecule has 3 nitrogen and oxygen atoms in total. The number of carboxylic acid groups (broad SMARTS) is 1. The molecule has 4 heteroatoms. The second kappa shape index (κ2) is 7.31. The second-order valence-electron chi connectivity index (χ2n) is 2.98. The molecule has 1 N–H and O–H groups in total. The molecule has 1 aromatic rings. The van der Waals surface area contributed by atoms with Gasteiger partial charge in [0.15, 0.2) is 0 Å². The first-order chi connectivity index (χ1) is 7.29. The summed E-state index contributed by atoms with van der Waals surface area (Å²) in [6.45, 7) is 1.18. The van der Waals surface area contributed by atoms with Gasteiger partial charge in [-0.05, 0) is 5.56 Å². The van der Waals surface area contributed by atoms with E-state index in [1.807, 2.05) is 30.3 Å². The molecule has 0 aromatic heterocycles. The van der Waals surface area contributed by atoms with Crippen LogP contribution in [-0.2, 0) is 16.1 Å². The zero-order chi connectivity index (χ0) is 10.9. The maximum Gasteiger partial charge on any atom is 0.313 e. The van der Waals surface area contributed by atoms with E-state index in [4.69, 9.17) is 9.84 Å². The first kappa shape index (κ1) is 12.1. The van der Waals surface area contributed by atoms with Crippen molar-refractivity contribution in [3.05, 3.63) is 35.9 Å². The van der Waals surface area contributed by atoms with Gasteiger partial charge in [-0.1, -0.05) is 30.3 Å². The molecule has 0 atom stereocenters. The average Bonchev–Trinajstić information content (AvgIpc) is 2.24. The molecule has 0 aliphatic carbocycles. The van der Waals surface area contributed by atoms with Crippen LogP contribution in [0.1, 0.15) is 5.56 Å². The third kappa shape index (κ3) is 6.14. The highest BCUT2D eigenvalue weighted by Gasteiger charge is 1.96. The fraction of sp³-hybridized carbons (Fsp3) is 0.364. The van der Waals surface area contributed by atoms with Crippen molar-refractivity contribution in [3.8, 4) is 0 Å². The van der Waals surface area contributed by atoms with Crippen molar-refractivity contribution in [2.75, 3.05) is 18.1 Å². The summed E-state index contributed by atoms with van der Waals surface area (Å²) in [5.41, 5.74) is 1.14. The lowest BCUT2D eigenvalue weighted by Crippen LogP contribution is -2.02. The van der Waals surface area contributed by atoms with Crippen LogP contribution in [-0.4, -0.2) is 29.2 Å². The number of carbonyl (C=O) groups is 1. The minimum absolute atomic E-state index is 0.148. The molecule has 0 saturated carbocycles. The molecule has 82 valence electrons. The van der Waals surface area contributed by atoms with Crippen LogP contribution < -0.4 is 0 Å². The summed E-state index contributed by atoms with van der Waals surface area (Å²) in [6, 6.07) is 9.91. The minimum atomic E-state index is -0.775. The van der Waals surface area contributed by atoms with E-state index in [-0.39, 0.29) is 5.75 Å². The van der Waals surface area contributed by atoms with Crippen LogP contribution in [0.4, 0.5) is 0 Å². The van der Waals surface area contributed by atoms with Gasteiger partial charge in [0.25, 0.3) is 0 Å². The fourth-order valence-corrected chi connectivity index (χ4v) is 1.60. The quantitative estimate of drug-likeness (QED) is 0.722. The van der Waals surface area contributed by atoms with Crippen molar-refractivity contribution in [1.82, 2.24) is 0 Å². The Morgan fingerprint density at radius 3 is 2.73 bits per heavy atom. The SMILES string of the molecule is O=C(O)CSCCOCc1ccccc1. The fourth-order valence-electron chi connectivity index (χ4n) is 1.04. The van der Waals surface area contributed by atoms with Crippen LogP contribution >= 0.6 is 11.8 Å². The standard InChI is InChI=1S/C11H14O3S/c12-11(13)9-15-7-6-14-8-10-4-2-1-3-5-10/h1-5H,6-9H2,(H,12,13). The molecule has 1 rings (SSSR count). The Bertz CT molecular complexity index is 287. The molecule has 1 aromatic carbocycles. The van der Waals surface area contributed by atoms with E-state index in [1.54, 1.807) is 0 Å². The highest BCUT2D eigenvalue weighted by atomic mass is 32.2. The van der Waals surface area contributed by atoms with Gasteiger partial charge in [-0.15, -0.1) is 11.8 Å². The molecule has 0 spiro atoms. The molecule has 0 saturated heterocycles. The highest BCUT2D eigenvalue weighted by molar-refractivity contribution is 7.99. The zero-order valence-corrected chi connectivity index (χ0v) is 9.20. The number of benzene rings is 1. The molecule has 0 aliphatic rings. The monoisotopic (exact) mass is 226 g/mol. The maximum absolute atomic E-state index is 10.2. The third-order valence-corrected chi connectivity index (χ3v) is 2.62. The summed E-state index contributed by atoms with van der Waals surface area (Å²) in [7, 11) is 0. The third-order valence-electron chi connectivity index (χ3n) is 1.71. The Morgan fingerprint density at radius 2 is 2.07 bits per heavy atom. The highest BCUT2D eigenvalue weighted by Crippen LogP contribution is 2.03. The van der Waals surface area contributed by atoms with Gasteiger partial charge in [-0.25, -0.2) is 0 Å². The molecule has 0 bridgehead atoms. The van der Waals surface area contributed by atoms with E-state index in [2.05, 4.69) is 0 Å². The summed E-state index contributed by atoms with van der Waals surface area (Å²) >= 11 is 1.37. The van der Waals surface area contributed by atoms with Crippen LogP contribution in [0.3, 0.4) is 0 Å². The molecule has 0 amide bonds. The number of hydrogen-bond donors (Lipinski definition) is 1. The lowest BCUT2D eigenvalue weighted by atomic mass is 10.2. The summed E-state index contributed by atoms with van der Waals surface area (Å²) in [5.74, 6) is 0.0939. The Kier molecular flexibility index (Phi) is 5.88. The lowest BCUT2D eigenvalue weighted by Gasteiger charge is -2.03. The number of thioether (sulfide) groups is 1. The molecule has 0 unspecified atom stereocenters. The summed E-state index contributed by atoms with van der Waals surface area (Å²) < 4.78 is 5.39. The van der Waals surface area contributed by atoms with Crippen LogP contribution in [0.25, 0.3) is 0 Å². The topological polar surface area (TPSA) is 46.5 Å². The zero-order valence-electron chi connectivity index (χ0n) is 8.39. The Balaban J connectivity index is 2.00.